The molecule has 0 radical (unpaired) electrons. The predicted molar refractivity (Wildman–Crippen MR) is 79.7 cm³/mol. The number of nitrogen functional groups attached to an aromatic ring is 1. The highest BCUT2D eigenvalue weighted by molar-refractivity contribution is 5.99. The predicted octanol–water partition coefficient (Wildman–Crippen LogP) is 2.91. The third kappa shape index (κ3) is 3.51. The summed E-state index contributed by atoms with van der Waals surface area (Å²) < 4.78 is 18.3. The largest absolute Gasteiger partial charge is 0.497 e. The molecule has 110 valence electrons. The van der Waals surface area contributed by atoms with Gasteiger partial charge < -0.3 is 15.8 Å². The summed E-state index contributed by atoms with van der Waals surface area (Å²) in [4.78, 5) is 12.1. The Labute approximate surface area is 122 Å². The summed E-state index contributed by atoms with van der Waals surface area (Å²) in [6.45, 7) is 1.84. The zero-order chi connectivity index (χ0) is 15.4. The minimum absolute atomic E-state index is 0.135. The number of hydrogen-bond donors (Lipinski definition) is 2. The number of methoxy groups -OCH3 is 1. The van der Waals surface area contributed by atoms with E-state index in [0.29, 0.717) is 0 Å². The zero-order valence-electron chi connectivity index (χ0n) is 11.9. The van der Waals surface area contributed by atoms with Gasteiger partial charge >= 0.3 is 0 Å². The number of rotatable bonds is 4. The van der Waals surface area contributed by atoms with Gasteiger partial charge in [-0.2, -0.15) is 0 Å². The van der Waals surface area contributed by atoms with Gasteiger partial charge in [-0.3, -0.25) is 4.79 Å². The normalized spacial score (nSPS) is 11.8. The summed E-state index contributed by atoms with van der Waals surface area (Å²) in [7, 11) is 1.59. The molecule has 0 heterocycles. The molecule has 0 aliphatic heterocycles. The van der Waals surface area contributed by atoms with Gasteiger partial charge in [0.1, 0.15) is 11.6 Å². The van der Waals surface area contributed by atoms with Crippen molar-refractivity contribution in [2.24, 2.45) is 0 Å². The maximum atomic E-state index is 13.2. The van der Waals surface area contributed by atoms with E-state index in [4.69, 9.17) is 10.5 Å². The maximum Gasteiger partial charge on any atom is 0.253 e. The van der Waals surface area contributed by atoms with Crippen LogP contribution in [0.3, 0.4) is 0 Å². The van der Waals surface area contributed by atoms with Crippen molar-refractivity contribution in [1.82, 2.24) is 5.32 Å². The second kappa shape index (κ2) is 6.26. The molecule has 1 amide bonds. The molecular formula is C16H17FN2O2. The van der Waals surface area contributed by atoms with Crippen molar-refractivity contribution in [3.8, 4) is 5.75 Å². The molecule has 0 bridgehead atoms. The van der Waals surface area contributed by atoms with Crippen LogP contribution in [-0.4, -0.2) is 13.0 Å². The number of nitrogens with one attached hydrogen (secondary N) is 1. The number of benzene rings is 2. The van der Waals surface area contributed by atoms with Crippen molar-refractivity contribution < 1.29 is 13.9 Å². The van der Waals surface area contributed by atoms with E-state index in [1.54, 1.807) is 7.11 Å². The third-order valence-electron chi connectivity index (χ3n) is 3.22. The van der Waals surface area contributed by atoms with Crippen LogP contribution in [0.2, 0.25) is 0 Å². The highest BCUT2D eigenvalue weighted by Gasteiger charge is 2.14. The van der Waals surface area contributed by atoms with Gasteiger partial charge in [0.15, 0.2) is 0 Å². The Morgan fingerprint density at radius 2 is 1.90 bits per heavy atom. The Bertz CT molecular complexity index is 641. The van der Waals surface area contributed by atoms with Crippen LogP contribution in [0.1, 0.15) is 28.9 Å². The van der Waals surface area contributed by atoms with Gasteiger partial charge in [-0.05, 0) is 42.8 Å². The summed E-state index contributed by atoms with van der Waals surface area (Å²) in [5, 5.41) is 2.79. The lowest BCUT2D eigenvalue weighted by Gasteiger charge is -2.15. The molecule has 0 aromatic heterocycles. The number of ether oxygens (including phenoxy) is 1. The molecular weight excluding hydrogens is 271 g/mol. The first-order chi connectivity index (χ1) is 10.0. The van der Waals surface area contributed by atoms with E-state index in [-0.39, 0.29) is 17.3 Å². The second-order valence-electron chi connectivity index (χ2n) is 4.70. The highest BCUT2D eigenvalue weighted by Crippen LogP contribution is 2.19. The summed E-state index contributed by atoms with van der Waals surface area (Å²) in [5.74, 6) is -0.159. The van der Waals surface area contributed by atoms with Gasteiger partial charge in [0.05, 0.1) is 18.7 Å². The van der Waals surface area contributed by atoms with Gasteiger partial charge in [-0.25, -0.2) is 4.39 Å². The summed E-state index contributed by atoms with van der Waals surface area (Å²) in [6, 6.07) is 10.8. The van der Waals surface area contributed by atoms with E-state index in [9.17, 15) is 9.18 Å². The van der Waals surface area contributed by atoms with E-state index in [0.717, 1.165) is 17.4 Å². The van der Waals surface area contributed by atoms with Crippen molar-refractivity contribution in [3.05, 3.63) is 59.4 Å². The van der Waals surface area contributed by atoms with E-state index in [1.807, 2.05) is 31.2 Å². The number of amides is 1. The van der Waals surface area contributed by atoms with Crippen LogP contribution in [0.5, 0.6) is 5.75 Å². The lowest BCUT2D eigenvalue weighted by molar-refractivity contribution is 0.0940. The number of anilines is 1. The molecule has 1 atom stereocenters. The van der Waals surface area contributed by atoms with Gasteiger partial charge in [-0.15, -0.1) is 0 Å². The van der Waals surface area contributed by atoms with Crippen molar-refractivity contribution in [3.63, 3.8) is 0 Å². The molecule has 0 unspecified atom stereocenters. The van der Waals surface area contributed by atoms with Crippen LogP contribution in [-0.2, 0) is 0 Å². The van der Waals surface area contributed by atoms with Gasteiger partial charge in [0.25, 0.3) is 5.91 Å². The molecule has 5 heteroatoms. The van der Waals surface area contributed by atoms with E-state index in [1.165, 1.54) is 12.1 Å². The SMILES string of the molecule is COc1ccc([C@H](C)NC(=O)c2cc(F)ccc2N)cc1. The monoisotopic (exact) mass is 288 g/mol. The fourth-order valence-corrected chi connectivity index (χ4v) is 1.98. The van der Waals surface area contributed by atoms with E-state index >= 15 is 0 Å². The summed E-state index contributed by atoms with van der Waals surface area (Å²) in [5.41, 5.74) is 7.00. The molecule has 0 spiro atoms. The standard InChI is InChI=1S/C16H17FN2O2/c1-10(11-3-6-13(21-2)7-4-11)19-16(20)14-9-12(17)5-8-15(14)18/h3-10H,18H2,1-2H3,(H,19,20)/t10-/m0/s1. The van der Waals surface area contributed by atoms with Crippen LogP contribution in [0.25, 0.3) is 0 Å². The quantitative estimate of drug-likeness (QED) is 0.850. The average molecular weight is 288 g/mol. The minimum Gasteiger partial charge on any atom is -0.497 e. The van der Waals surface area contributed by atoms with Crippen LogP contribution in [0, 0.1) is 5.82 Å². The van der Waals surface area contributed by atoms with Crippen molar-refractivity contribution in [2.45, 2.75) is 13.0 Å². The smallest absolute Gasteiger partial charge is 0.253 e. The average Bonchev–Trinajstić information content (AvgIpc) is 2.49. The number of nitrogens with two attached hydrogens (primary N) is 1. The Kier molecular flexibility index (Phi) is 4.42. The van der Waals surface area contributed by atoms with Gasteiger partial charge in [-0.1, -0.05) is 12.1 Å². The van der Waals surface area contributed by atoms with Gasteiger partial charge in [0.2, 0.25) is 0 Å². The van der Waals surface area contributed by atoms with E-state index in [2.05, 4.69) is 5.32 Å². The number of carbonyl (C=O) groups is 1. The van der Waals surface area contributed by atoms with Crippen molar-refractivity contribution in [1.29, 1.82) is 0 Å². The number of hydrogen-bond acceptors (Lipinski definition) is 3. The molecule has 0 saturated carbocycles. The Morgan fingerprint density at radius 3 is 2.52 bits per heavy atom. The van der Waals surface area contributed by atoms with Gasteiger partial charge in [0, 0.05) is 5.69 Å². The molecule has 3 N–H and O–H groups in total. The molecule has 0 aliphatic carbocycles. The second-order valence-corrected chi connectivity index (χ2v) is 4.70. The fourth-order valence-electron chi connectivity index (χ4n) is 1.98. The highest BCUT2D eigenvalue weighted by atomic mass is 19.1. The molecule has 4 nitrogen and oxygen atoms in total. The molecule has 2 rings (SSSR count). The molecule has 0 aliphatic rings. The molecule has 2 aromatic rings. The van der Waals surface area contributed by atoms with Crippen LogP contribution in [0.4, 0.5) is 10.1 Å². The van der Waals surface area contributed by atoms with Crippen molar-refractivity contribution in [2.75, 3.05) is 12.8 Å². The first-order valence-corrected chi connectivity index (χ1v) is 6.51. The first-order valence-electron chi connectivity index (χ1n) is 6.51. The Hall–Kier alpha value is -2.56. The number of halogens is 1. The Morgan fingerprint density at radius 1 is 1.24 bits per heavy atom. The number of carbonyl (C=O) groups excluding carboxylic acids is 1. The summed E-state index contributed by atoms with van der Waals surface area (Å²) in [6.07, 6.45) is 0. The topological polar surface area (TPSA) is 64.3 Å². The van der Waals surface area contributed by atoms with Crippen molar-refractivity contribution >= 4 is 11.6 Å². The Balaban J connectivity index is 2.12. The van der Waals surface area contributed by atoms with Crippen LogP contribution < -0.4 is 15.8 Å². The maximum absolute atomic E-state index is 13.2. The van der Waals surface area contributed by atoms with Crippen LogP contribution in [0.15, 0.2) is 42.5 Å². The summed E-state index contributed by atoms with van der Waals surface area (Å²) >= 11 is 0. The minimum atomic E-state index is -0.494. The third-order valence-corrected chi connectivity index (χ3v) is 3.22. The molecule has 2 aromatic carbocycles. The molecule has 0 fully saturated rings. The fraction of sp³-hybridized carbons (Fsp3) is 0.188. The molecule has 21 heavy (non-hydrogen) atoms. The molecule has 0 saturated heterocycles. The zero-order valence-corrected chi connectivity index (χ0v) is 11.9. The lowest BCUT2D eigenvalue weighted by atomic mass is 10.1. The first kappa shape index (κ1) is 14.8. The van der Waals surface area contributed by atoms with Crippen LogP contribution >= 0.6 is 0 Å². The lowest BCUT2D eigenvalue weighted by Crippen LogP contribution is -2.27. The van der Waals surface area contributed by atoms with E-state index < -0.39 is 11.7 Å².